The van der Waals surface area contributed by atoms with Gasteiger partial charge in [0, 0.05) is 91.1 Å². The summed E-state index contributed by atoms with van der Waals surface area (Å²) in [6, 6.07) is -0.112. The standard InChI is InChI=1S/C27H64N5O11SSi/c1-27(2,3)43-23-26(35)20-32(19-25(34)22-41-14-4-16-44(36)37)13-10-30-9-12-31(11-8-29-7-6-28)18-24(33)21-42-15-5-17-45(38,39)40/h24-26,29-30,33-40H,4-23,28H2,1-3H3/q+1. The van der Waals surface area contributed by atoms with E-state index >= 15 is 0 Å². The number of hydrogen-bond donors (Lipinski definition) is 11. The van der Waals surface area contributed by atoms with Crippen LogP contribution in [0.15, 0.2) is 0 Å². The van der Waals surface area contributed by atoms with E-state index in [1.54, 1.807) is 0 Å². The minimum Gasteiger partial charge on any atom is -0.390 e. The van der Waals surface area contributed by atoms with E-state index in [9.17, 15) is 15.3 Å². The predicted octanol–water partition coefficient (Wildman–Crippen LogP) is -3.08. The Hall–Kier alpha value is -0.0731. The van der Waals surface area contributed by atoms with Crippen molar-refractivity contribution in [2.24, 2.45) is 5.73 Å². The van der Waals surface area contributed by atoms with Gasteiger partial charge in [0.1, 0.15) is 0 Å². The van der Waals surface area contributed by atoms with Crippen LogP contribution >= 0.6 is 0 Å². The Morgan fingerprint density at radius 2 is 1.20 bits per heavy atom. The van der Waals surface area contributed by atoms with E-state index in [0.717, 1.165) is 0 Å². The molecule has 18 heteroatoms. The highest BCUT2D eigenvalue weighted by atomic mass is 32.2. The summed E-state index contributed by atoms with van der Waals surface area (Å²) in [5, 5.41) is 38.2. The Kier molecular flexibility index (Phi) is 26.8. The van der Waals surface area contributed by atoms with Gasteiger partial charge in [0.15, 0.2) is 5.75 Å². The number of aliphatic hydroxyl groups is 3. The molecule has 12 N–H and O–H groups in total. The lowest BCUT2D eigenvalue weighted by molar-refractivity contribution is -0.0601. The molecule has 272 valence electrons. The molecule has 0 bridgehead atoms. The molecular weight excluding hydrogens is 630 g/mol. The van der Waals surface area contributed by atoms with Crippen molar-refractivity contribution in [1.29, 1.82) is 0 Å². The van der Waals surface area contributed by atoms with Crippen LogP contribution < -0.4 is 16.4 Å². The molecule has 0 aliphatic carbocycles. The summed E-state index contributed by atoms with van der Waals surface area (Å²) in [4.78, 5) is 31.3. The second-order valence-electron chi connectivity index (χ2n) is 12.2. The first-order valence-corrected chi connectivity index (χ1v) is 19.1. The number of hydrogen-bond acceptors (Lipinski definition) is 16. The molecule has 0 radical (unpaired) electrons. The van der Waals surface area contributed by atoms with Crippen molar-refractivity contribution in [3.63, 3.8) is 0 Å². The molecule has 0 saturated carbocycles. The third-order valence-corrected chi connectivity index (χ3v) is 7.97. The van der Waals surface area contributed by atoms with Crippen molar-refractivity contribution in [3.8, 4) is 0 Å². The van der Waals surface area contributed by atoms with Crippen LogP contribution in [0.1, 0.15) is 33.6 Å². The molecule has 0 heterocycles. The summed E-state index contributed by atoms with van der Waals surface area (Å²) in [5.74, 6) is 0.228. The van der Waals surface area contributed by atoms with Crippen LogP contribution in [0.2, 0.25) is 6.04 Å². The number of ether oxygens (including phenoxy) is 3. The van der Waals surface area contributed by atoms with E-state index in [-0.39, 0.29) is 56.8 Å². The number of nitrogens with one attached hydrogen (secondary N) is 2. The molecule has 0 aromatic rings. The van der Waals surface area contributed by atoms with E-state index in [1.165, 1.54) is 0 Å². The highest BCUT2D eigenvalue weighted by molar-refractivity contribution is 7.85. The van der Waals surface area contributed by atoms with Crippen LogP contribution in [0.5, 0.6) is 0 Å². The van der Waals surface area contributed by atoms with Gasteiger partial charge in [-0.05, 0) is 27.2 Å². The fraction of sp³-hybridized carbons (Fsp3) is 1.00. The van der Waals surface area contributed by atoms with Crippen LogP contribution in [0, 0.1) is 0 Å². The molecule has 45 heavy (non-hydrogen) atoms. The van der Waals surface area contributed by atoms with Crippen LogP contribution in [-0.4, -0.2) is 192 Å². The smallest absolute Gasteiger partial charge is 0.390 e. The van der Waals surface area contributed by atoms with E-state index in [1.807, 2.05) is 25.7 Å². The predicted molar refractivity (Wildman–Crippen MR) is 177 cm³/mol. The lowest BCUT2D eigenvalue weighted by Crippen LogP contribution is -2.46. The molecule has 0 fully saturated rings. The molecule has 0 aliphatic heterocycles. The minimum atomic E-state index is -4.08. The van der Waals surface area contributed by atoms with Crippen molar-refractivity contribution in [2.45, 2.75) is 63.6 Å². The van der Waals surface area contributed by atoms with Gasteiger partial charge in [0.05, 0.1) is 50.3 Å². The zero-order valence-electron chi connectivity index (χ0n) is 27.6. The minimum absolute atomic E-state index is 0.0863. The molecule has 0 aliphatic rings. The zero-order valence-corrected chi connectivity index (χ0v) is 29.4. The van der Waals surface area contributed by atoms with Crippen LogP contribution in [-0.2, 0) is 25.7 Å². The van der Waals surface area contributed by atoms with Crippen LogP contribution in [0.3, 0.4) is 0 Å². The molecule has 16 nitrogen and oxygen atoms in total. The van der Waals surface area contributed by atoms with Gasteiger partial charge in [-0.25, -0.2) is 0 Å². The SMILES string of the molecule is CC(C)(C)OCC(O)CN(CCNCCN(CCNCCN)CC(O)COCCC[Si](O)(O)O)CC(O)COCCC[S+](O)O. The normalized spacial score (nSPS) is 15.0. The van der Waals surface area contributed by atoms with Crippen LogP contribution in [0.25, 0.3) is 0 Å². The first-order chi connectivity index (χ1) is 21.1. The first kappa shape index (κ1) is 44.9. The summed E-state index contributed by atoms with van der Waals surface area (Å²) in [6.07, 6.45) is -1.51. The number of nitrogens with zero attached hydrogens (tertiary/aromatic N) is 2. The molecular formula is C27H64N5O11SSi+. The summed E-state index contributed by atoms with van der Waals surface area (Å²) >= 11 is -1.62. The Balaban J connectivity index is 4.76. The molecule has 0 aromatic carbocycles. The molecule has 0 rings (SSSR count). The lowest BCUT2D eigenvalue weighted by Gasteiger charge is -2.29. The Morgan fingerprint density at radius 3 is 1.69 bits per heavy atom. The third-order valence-electron chi connectivity index (χ3n) is 6.29. The maximum absolute atomic E-state index is 10.6. The maximum atomic E-state index is 10.6. The lowest BCUT2D eigenvalue weighted by atomic mass is 10.2. The van der Waals surface area contributed by atoms with E-state index in [4.69, 9.17) is 43.4 Å². The molecule has 3 atom stereocenters. The van der Waals surface area contributed by atoms with Crippen molar-refractivity contribution in [2.75, 3.05) is 111 Å². The van der Waals surface area contributed by atoms with Crippen molar-refractivity contribution in [3.05, 3.63) is 0 Å². The monoisotopic (exact) mass is 694 g/mol. The Morgan fingerprint density at radius 1 is 0.733 bits per heavy atom. The number of rotatable bonds is 31. The summed E-state index contributed by atoms with van der Waals surface area (Å²) in [5.41, 5.74) is 5.17. The molecule has 3 unspecified atom stereocenters. The zero-order chi connectivity index (χ0) is 34.1. The van der Waals surface area contributed by atoms with Crippen molar-refractivity contribution < 1.29 is 53.0 Å². The van der Waals surface area contributed by atoms with E-state index < -0.39 is 38.6 Å². The molecule has 0 aromatic heterocycles. The van der Waals surface area contributed by atoms with E-state index in [0.29, 0.717) is 78.5 Å². The second-order valence-corrected chi connectivity index (χ2v) is 15.3. The highest BCUT2D eigenvalue weighted by Gasteiger charge is 2.25. The Labute approximate surface area is 273 Å². The van der Waals surface area contributed by atoms with Gasteiger partial charge in [0.25, 0.3) is 0 Å². The van der Waals surface area contributed by atoms with Gasteiger partial charge in [-0.2, -0.15) is 9.11 Å². The topological polar surface area (TPSA) is 246 Å². The summed E-state index contributed by atoms with van der Waals surface area (Å²) in [6.45, 7) is 12.6. The fourth-order valence-electron chi connectivity index (χ4n) is 4.15. The van der Waals surface area contributed by atoms with Crippen LogP contribution in [0.4, 0.5) is 0 Å². The molecule has 0 spiro atoms. The van der Waals surface area contributed by atoms with Crippen molar-refractivity contribution >= 4 is 20.3 Å². The van der Waals surface area contributed by atoms with Gasteiger partial charge in [-0.3, -0.25) is 9.80 Å². The quantitative estimate of drug-likeness (QED) is 0.0196. The molecule has 0 saturated heterocycles. The largest absolute Gasteiger partial charge is 0.492 e. The third kappa shape index (κ3) is 32.3. The highest BCUT2D eigenvalue weighted by Crippen LogP contribution is 2.08. The van der Waals surface area contributed by atoms with Gasteiger partial charge >= 0.3 is 20.3 Å². The van der Waals surface area contributed by atoms with Gasteiger partial charge in [0.2, 0.25) is 0 Å². The average molecular weight is 695 g/mol. The van der Waals surface area contributed by atoms with Gasteiger partial charge in [-0.1, -0.05) is 0 Å². The summed E-state index contributed by atoms with van der Waals surface area (Å²) in [7, 11) is -4.08. The van der Waals surface area contributed by atoms with Gasteiger partial charge in [-0.15, -0.1) is 0 Å². The summed E-state index contributed by atoms with van der Waals surface area (Å²) < 4.78 is 34.5. The first-order valence-electron chi connectivity index (χ1n) is 15.8. The maximum Gasteiger partial charge on any atom is 0.492 e. The van der Waals surface area contributed by atoms with Gasteiger partial charge < -0.3 is 60.3 Å². The van der Waals surface area contributed by atoms with E-state index in [2.05, 4.69) is 15.5 Å². The average Bonchev–Trinajstić information content (AvgIpc) is 2.92. The molecule has 0 amide bonds. The Bertz CT molecular complexity index is 684. The van der Waals surface area contributed by atoms with Crippen molar-refractivity contribution in [1.82, 2.24) is 20.4 Å². The second kappa shape index (κ2) is 26.8. The number of aliphatic hydroxyl groups excluding tert-OH is 3. The fourth-order valence-corrected chi connectivity index (χ4v) is 5.15. The number of nitrogens with two attached hydrogens (primary N) is 1.